The van der Waals surface area contributed by atoms with Crippen molar-refractivity contribution in [3.05, 3.63) is 42.5 Å². The second kappa shape index (κ2) is 8.36. The molecule has 1 aromatic heterocycles. The van der Waals surface area contributed by atoms with Crippen molar-refractivity contribution in [3.8, 4) is 0 Å². The summed E-state index contributed by atoms with van der Waals surface area (Å²) in [5, 5.41) is 0.885. The molecule has 0 spiro atoms. The monoisotopic (exact) mass is 482 g/mol. The summed E-state index contributed by atoms with van der Waals surface area (Å²) in [4.78, 5) is 6.79. The zero-order valence-electron chi connectivity index (χ0n) is 17.0. The quantitative estimate of drug-likeness (QED) is 0.574. The first-order valence-electron chi connectivity index (χ1n) is 9.45. The number of anilines is 2. The highest BCUT2D eigenvalue weighted by Crippen LogP contribution is 2.32. The van der Waals surface area contributed by atoms with E-state index in [0.717, 1.165) is 32.7 Å². The van der Waals surface area contributed by atoms with Crippen molar-refractivity contribution < 1.29 is 21.6 Å². The second-order valence-electron chi connectivity index (χ2n) is 7.14. The minimum atomic E-state index is -3.88. The molecular formula is C19H22N4O5S3. The third-order valence-electron chi connectivity index (χ3n) is 4.82. The Labute approximate surface area is 185 Å². The molecule has 1 aliphatic rings. The van der Waals surface area contributed by atoms with Crippen LogP contribution in [0, 0.1) is 0 Å². The number of hydrogen-bond acceptors (Lipinski definition) is 8. The van der Waals surface area contributed by atoms with Crippen molar-refractivity contribution in [1.29, 1.82) is 0 Å². The standard InChI is InChI=1S/C19H22N4O5S3/c1-22(2)31(26,27)16-6-4-15(5-7-16)30(24,25)21-14-3-8-17-18(13-14)29-19(20-17)23-9-11-28-12-10-23/h3-8,13,21H,9-12H2,1-2H3. The summed E-state index contributed by atoms with van der Waals surface area (Å²) >= 11 is 1.50. The molecule has 0 unspecified atom stereocenters. The van der Waals surface area contributed by atoms with E-state index >= 15 is 0 Å². The van der Waals surface area contributed by atoms with Gasteiger partial charge in [0.05, 0.1) is 38.9 Å². The number of rotatable bonds is 6. The lowest BCUT2D eigenvalue weighted by molar-refractivity contribution is 0.122. The molecule has 2 heterocycles. The minimum absolute atomic E-state index is 0.0244. The van der Waals surface area contributed by atoms with E-state index in [-0.39, 0.29) is 9.79 Å². The maximum absolute atomic E-state index is 12.8. The Morgan fingerprint density at radius 2 is 1.65 bits per heavy atom. The van der Waals surface area contributed by atoms with Crippen molar-refractivity contribution in [2.75, 3.05) is 50.0 Å². The Balaban J connectivity index is 1.56. The molecule has 0 radical (unpaired) electrons. The van der Waals surface area contributed by atoms with Gasteiger partial charge in [0.2, 0.25) is 10.0 Å². The molecule has 0 atom stereocenters. The topological polar surface area (TPSA) is 109 Å². The number of benzene rings is 2. The molecular weight excluding hydrogens is 460 g/mol. The third kappa shape index (κ3) is 4.53. The summed E-state index contributed by atoms with van der Waals surface area (Å²) in [6.45, 7) is 2.88. The van der Waals surface area contributed by atoms with E-state index in [1.54, 1.807) is 18.2 Å². The van der Waals surface area contributed by atoms with Crippen LogP contribution < -0.4 is 9.62 Å². The average Bonchev–Trinajstić information content (AvgIpc) is 3.17. The fourth-order valence-electron chi connectivity index (χ4n) is 3.08. The lowest BCUT2D eigenvalue weighted by Gasteiger charge is -2.25. The first-order valence-corrected chi connectivity index (χ1v) is 13.2. The van der Waals surface area contributed by atoms with Crippen LogP contribution in [0.25, 0.3) is 10.2 Å². The predicted octanol–water partition coefficient (Wildman–Crippen LogP) is 2.18. The number of sulfonamides is 2. The molecule has 4 rings (SSSR count). The summed E-state index contributed by atoms with van der Waals surface area (Å²) in [5.74, 6) is 0. The fourth-order valence-corrected chi connectivity index (χ4v) is 6.09. The Morgan fingerprint density at radius 3 is 2.29 bits per heavy atom. The molecule has 3 aromatic rings. The molecule has 31 heavy (non-hydrogen) atoms. The van der Waals surface area contributed by atoms with Gasteiger partial charge in [-0.1, -0.05) is 11.3 Å². The average molecular weight is 483 g/mol. The number of morpholine rings is 1. The molecule has 2 aromatic carbocycles. The highest BCUT2D eigenvalue weighted by Gasteiger charge is 2.20. The van der Waals surface area contributed by atoms with E-state index < -0.39 is 20.0 Å². The summed E-state index contributed by atoms with van der Waals surface area (Å²) in [7, 11) is -4.67. The van der Waals surface area contributed by atoms with Gasteiger partial charge < -0.3 is 9.64 Å². The molecule has 1 saturated heterocycles. The molecule has 9 nitrogen and oxygen atoms in total. The minimum Gasteiger partial charge on any atom is -0.378 e. The number of ether oxygens (including phenoxy) is 1. The van der Waals surface area contributed by atoms with E-state index in [2.05, 4.69) is 14.6 Å². The van der Waals surface area contributed by atoms with Gasteiger partial charge in [0.25, 0.3) is 10.0 Å². The molecule has 1 N–H and O–H groups in total. The summed E-state index contributed by atoms with van der Waals surface area (Å²) in [6, 6.07) is 10.3. The SMILES string of the molecule is CN(C)S(=O)(=O)c1ccc(S(=O)(=O)Nc2ccc3nc(N4CCOCC4)sc3c2)cc1. The predicted molar refractivity (Wildman–Crippen MR) is 121 cm³/mol. The number of hydrogen-bond donors (Lipinski definition) is 1. The number of aromatic nitrogens is 1. The Bertz CT molecular complexity index is 1300. The molecule has 0 aliphatic carbocycles. The summed E-state index contributed by atoms with van der Waals surface area (Å²) in [6.07, 6.45) is 0. The van der Waals surface area contributed by atoms with E-state index in [9.17, 15) is 16.8 Å². The van der Waals surface area contributed by atoms with E-state index in [1.807, 2.05) is 0 Å². The van der Waals surface area contributed by atoms with Crippen LogP contribution in [0.15, 0.2) is 52.3 Å². The highest BCUT2D eigenvalue weighted by molar-refractivity contribution is 7.92. The van der Waals surface area contributed by atoms with Crippen molar-refractivity contribution in [2.24, 2.45) is 0 Å². The van der Waals surface area contributed by atoms with Gasteiger partial charge in [-0.2, -0.15) is 0 Å². The van der Waals surface area contributed by atoms with Crippen molar-refractivity contribution in [2.45, 2.75) is 9.79 Å². The van der Waals surface area contributed by atoms with Crippen molar-refractivity contribution in [1.82, 2.24) is 9.29 Å². The normalized spacial score (nSPS) is 15.5. The molecule has 0 amide bonds. The summed E-state index contributed by atoms with van der Waals surface area (Å²) < 4.78 is 59.8. The van der Waals surface area contributed by atoms with E-state index in [1.165, 1.54) is 49.7 Å². The number of nitrogens with zero attached hydrogens (tertiary/aromatic N) is 3. The zero-order chi connectivity index (χ0) is 22.2. The first kappa shape index (κ1) is 22.0. The molecule has 12 heteroatoms. The van der Waals surface area contributed by atoms with Crippen molar-refractivity contribution >= 4 is 52.4 Å². The maximum Gasteiger partial charge on any atom is 0.261 e. The number of thiazole rings is 1. The van der Waals surface area contributed by atoms with Gasteiger partial charge in [-0.25, -0.2) is 26.1 Å². The number of fused-ring (bicyclic) bond motifs is 1. The Hall–Kier alpha value is -2.25. The van der Waals surface area contributed by atoms with Crippen LogP contribution in [-0.4, -0.2) is 66.5 Å². The smallest absolute Gasteiger partial charge is 0.261 e. The largest absolute Gasteiger partial charge is 0.378 e. The fraction of sp³-hybridized carbons (Fsp3) is 0.316. The van der Waals surface area contributed by atoms with Gasteiger partial charge >= 0.3 is 0 Å². The number of nitrogens with one attached hydrogen (secondary N) is 1. The van der Waals surface area contributed by atoms with Crippen LogP contribution in [0.5, 0.6) is 0 Å². The Kier molecular flexibility index (Phi) is 5.92. The van der Waals surface area contributed by atoms with Crippen LogP contribution in [0.1, 0.15) is 0 Å². The lowest BCUT2D eigenvalue weighted by Crippen LogP contribution is -2.36. The van der Waals surface area contributed by atoms with Crippen LogP contribution in [-0.2, 0) is 24.8 Å². The highest BCUT2D eigenvalue weighted by atomic mass is 32.2. The maximum atomic E-state index is 12.8. The Morgan fingerprint density at radius 1 is 1.00 bits per heavy atom. The van der Waals surface area contributed by atoms with Gasteiger partial charge in [-0.3, -0.25) is 4.72 Å². The first-order chi connectivity index (χ1) is 14.7. The zero-order valence-corrected chi connectivity index (χ0v) is 19.4. The lowest BCUT2D eigenvalue weighted by atomic mass is 10.3. The van der Waals surface area contributed by atoms with Gasteiger partial charge in [0.15, 0.2) is 5.13 Å². The van der Waals surface area contributed by atoms with Crippen LogP contribution in [0.3, 0.4) is 0 Å². The summed E-state index contributed by atoms with van der Waals surface area (Å²) in [5.41, 5.74) is 1.21. The molecule has 1 fully saturated rings. The molecule has 0 bridgehead atoms. The van der Waals surface area contributed by atoms with Gasteiger partial charge in [0, 0.05) is 27.2 Å². The third-order valence-corrected chi connectivity index (χ3v) is 9.13. The van der Waals surface area contributed by atoms with Gasteiger partial charge in [0.1, 0.15) is 0 Å². The van der Waals surface area contributed by atoms with E-state index in [4.69, 9.17) is 4.74 Å². The molecule has 1 aliphatic heterocycles. The van der Waals surface area contributed by atoms with Gasteiger partial charge in [-0.15, -0.1) is 0 Å². The van der Waals surface area contributed by atoms with Gasteiger partial charge in [-0.05, 0) is 42.5 Å². The van der Waals surface area contributed by atoms with Crippen LogP contribution in [0.2, 0.25) is 0 Å². The molecule has 0 saturated carbocycles. The van der Waals surface area contributed by atoms with Crippen molar-refractivity contribution in [3.63, 3.8) is 0 Å². The second-order valence-corrected chi connectivity index (χ2v) is 12.0. The van der Waals surface area contributed by atoms with Crippen LogP contribution >= 0.6 is 11.3 Å². The van der Waals surface area contributed by atoms with Crippen LogP contribution in [0.4, 0.5) is 10.8 Å². The van der Waals surface area contributed by atoms with E-state index in [0.29, 0.717) is 18.9 Å². The molecule has 166 valence electrons.